The van der Waals surface area contributed by atoms with Crippen molar-refractivity contribution in [1.82, 2.24) is 15.3 Å². The molecule has 1 fully saturated rings. The molecule has 0 amide bonds. The van der Waals surface area contributed by atoms with Gasteiger partial charge in [0.15, 0.2) is 0 Å². The first kappa shape index (κ1) is 9.13. The Bertz CT molecular complexity index is 134. The summed E-state index contributed by atoms with van der Waals surface area (Å²) >= 11 is 0. The predicted octanol–water partition coefficient (Wildman–Crippen LogP) is 1.24. The number of nitrogens with zero attached hydrogens (tertiary/aromatic N) is 2. The molecule has 1 saturated heterocycles. The van der Waals surface area contributed by atoms with E-state index in [1.807, 2.05) is 0 Å². The molecule has 1 aliphatic heterocycles. The maximum Gasteiger partial charge on any atom is 0.0451 e. The van der Waals surface area contributed by atoms with Crippen molar-refractivity contribution in [3.63, 3.8) is 0 Å². The highest BCUT2D eigenvalue weighted by Gasteiger charge is 1.93. The van der Waals surface area contributed by atoms with Crippen LogP contribution in [0.1, 0.15) is 19.3 Å². The van der Waals surface area contributed by atoms with Gasteiger partial charge in [-0.15, -0.1) is 0 Å². The largest absolute Gasteiger partial charge is 0.317 e. The Labute approximate surface area is 73.2 Å². The first-order chi connectivity index (χ1) is 6.00. The minimum atomic E-state index is 1.25. The van der Waals surface area contributed by atoms with E-state index in [1.165, 1.54) is 32.4 Å². The maximum absolute atomic E-state index is 3.72. The average molecular weight is 165 g/mol. The molecule has 1 N–H and O–H groups in total. The van der Waals surface area contributed by atoms with Crippen LogP contribution in [0.2, 0.25) is 0 Å². The van der Waals surface area contributed by atoms with Gasteiger partial charge in [0, 0.05) is 24.8 Å². The van der Waals surface area contributed by atoms with E-state index >= 15 is 0 Å². The normalized spacial score (nSPS) is 16.0. The molecule has 1 aromatic rings. The van der Waals surface area contributed by atoms with Crippen LogP contribution in [-0.2, 0) is 0 Å². The Morgan fingerprint density at radius 1 is 0.750 bits per heavy atom. The summed E-state index contributed by atoms with van der Waals surface area (Å²) in [4.78, 5) is 7.44. The van der Waals surface area contributed by atoms with E-state index in [1.54, 1.807) is 24.8 Å². The summed E-state index contributed by atoms with van der Waals surface area (Å²) in [5.74, 6) is 0. The number of aromatic nitrogens is 2. The highest BCUT2D eigenvalue weighted by molar-refractivity contribution is 4.70. The second-order valence-electron chi connectivity index (χ2n) is 2.71. The summed E-state index contributed by atoms with van der Waals surface area (Å²) in [5.41, 5.74) is 0. The molecule has 3 nitrogen and oxygen atoms in total. The Morgan fingerprint density at radius 2 is 1.25 bits per heavy atom. The lowest BCUT2D eigenvalue weighted by molar-refractivity contribution is 0.520. The fourth-order valence-corrected chi connectivity index (χ4v) is 1.06. The molecule has 0 aromatic carbocycles. The van der Waals surface area contributed by atoms with Crippen LogP contribution in [0.5, 0.6) is 0 Å². The van der Waals surface area contributed by atoms with Gasteiger partial charge in [-0.25, -0.2) is 0 Å². The van der Waals surface area contributed by atoms with Gasteiger partial charge in [-0.2, -0.15) is 0 Å². The van der Waals surface area contributed by atoms with Crippen LogP contribution in [0.4, 0.5) is 0 Å². The van der Waals surface area contributed by atoms with Crippen molar-refractivity contribution in [2.45, 2.75) is 19.3 Å². The van der Waals surface area contributed by atoms with Crippen LogP contribution in [0.25, 0.3) is 0 Å². The van der Waals surface area contributed by atoms with Gasteiger partial charge in [-0.3, -0.25) is 9.97 Å². The molecule has 0 spiro atoms. The third-order valence-corrected chi connectivity index (χ3v) is 1.68. The van der Waals surface area contributed by atoms with Gasteiger partial charge in [0.1, 0.15) is 0 Å². The molecule has 3 heteroatoms. The number of nitrogens with one attached hydrogen (secondary N) is 1. The predicted molar refractivity (Wildman–Crippen MR) is 48.8 cm³/mol. The summed E-state index contributed by atoms with van der Waals surface area (Å²) in [7, 11) is 0. The van der Waals surface area contributed by atoms with Crippen molar-refractivity contribution in [3.05, 3.63) is 24.8 Å². The molecule has 0 saturated carbocycles. The van der Waals surface area contributed by atoms with E-state index in [4.69, 9.17) is 0 Å². The Balaban J connectivity index is 0.000000120. The lowest BCUT2D eigenvalue weighted by Crippen LogP contribution is -2.21. The second-order valence-corrected chi connectivity index (χ2v) is 2.71. The zero-order valence-electron chi connectivity index (χ0n) is 7.24. The molecule has 66 valence electrons. The summed E-state index contributed by atoms with van der Waals surface area (Å²) in [6.45, 7) is 2.50. The van der Waals surface area contributed by atoms with Crippen LogP contribution in [0, 0.1) is 0 Å². The third kappa shape index (κ3) is 4.79. The number of rotatable bonds is 0. The van der Waals surface area contributed by atoms with Gasteiger partial charge in [0.05, 0.1) is 0 Å². The van der Waals surface area contributed by atoms with E-state index in [0.29, 0.717) is 0 Å². The van der Waals surface area contributed by atoms with Crippen LogP contribution >= 0.6 is 0 Å². The Morgan fingerprint density at radius 3 is 1.42 bits per heavy atom. The minimum Gasteiger partial charge on any atom is -0.317 e. The van der Waals surface area contributed by atoms with E-state index < -0.39 is 0 Å². The highest BCUT2D eigenvalue weighted by atomic mass is 14.9. The minimum absolute atomic E-state index is 1.25. The van der Waals surface area contributed by atoms with Gasteiger partial charge in [-0.1, -0.05) is 6.42 Å². The molecule has 2 heterocycles. The molecule has 12 heavy (non-hydrogen) atoms. The standard InChI is InChI=1S/C5H11N.C4H4N2/c1-2-4-6-5-3-1;1-2-6-4-3-5-1/h6H,1-5H2;1-4H. The van der Waals surface area contributed by atoms with Crippen molar-refractivity contribution in [2.24, 2.45) is 0 Å². The third-order valence-electron chi connectivity index (χ3n) is 1.68. The lowest BCUT2D eigenvalue weighted by Gasteiger charge is -2.08. The molecule has 0 atom stereocenters. The monoisotopic (exact) mass is 165 g/mol. The topological polar surface area (TPSA) is 37.8 Å². The van der Waals surface area contributed by atoms with Crippen LogP contribution in [0.3, 0.4) is 0 Å². The molecule has 1 aliphatic rings. The quantitative estimate of drug-likeness (QED) is 0.628. The molecule has 1 aromatic heterocycles. The fourth-order valence-electron chi connectivity index (χ4n) is 1.06. The SMILES string of the molecule is C1CCNCC1.c1cnccn1. The van der Waals surface area contributed by atoms with Crippen LogP contribution < -0.4 is 5.32 Å². The van der Waals surface area contributed by atoms with Crippen molar-refractivity contribution in [1.29, 1.82) is 0 Å². The summed E-state index contributed by atoms with van der Waals surface area (Å²) < 4.78 is 0. The molecular formula is C9H15N3. The van der Waals surface area contributed by atoms with Gasteiger partial charge in [0.25, 0.3) is 0 Å². The maximum atomic E-state index is 3.72. The lowest BCUT2D eigenvalue weighted by atomic mass is 10.2. The zero-order valence-corrected chi connectivity index (χ0v) is 7.24. The Kier molecular flexibility index (Phi) is 5.12. The van der Waals surface area contributed by atoms with Gasteiger partial charge < -0.3 is 5.32 Å². The molecule has 2 rings (SSSR count). The average Bonchev–Trinajstić information content (AvgIpc) is 2.24. The number of piperidine rings is 1. The van der Waals surface area contributed by atoms with Gasteiger partial charge in [0.2, 0.25) is 0 Å². The van der Waals surface area contributed by atoms with Gasteiger partial charge in [-0.05, 0) is 25.9 Å². The Hall–Kier alpha value is -0.960. The molecular weight excluding hydrogens is 150 g/mol. The molecule has 0 aliphatic carbocycles. The summed E-state index contributed by atoms with van der Waals surface area (Å²) in [6.07, 6.45) is 10.8. The van der Waals surface area contributed by atoms with Crippen LogP contribution in [-0.4, -0.2) is 23.1 Å². The fraction of sp³-hybridized carbons (Fsp3) is 0.556. The smallest absolute Gasteiger partial charge is 0.0451 e. The van der Waals surface area contributed by atoms with Crippen molar-refractivity contribution >= 4 is 0 Å². The number of hydrogen-bond acceptors (Lipinski definition) is 3. The van der Waals surface area contributed by atoms with Gasteiger partial charge >= 0.3 is 0 Å². The summed E-state index contributed by atoms with van der Waals surface area (Å²) in [5, 5.41) is 3.28. The zero-order chi connectivity index (χ0) is 8.49. The van der Waals surface area contributed by atoms with E-state index in [2.05, 4.69) is 15.3 Å². The first-order valence-electron chi connectivity index (χ1n) is 4.41. The van der Waals surface area contributed by atoms with E-state index in [0.717, 1.165) is 0 Å². The van der Waals surface area contributed by atoms with E-state index in [9.17, 15) is 0 Å². The second kappa shape index (κ2) is 6.73. The molecule has 0 unspecified atom stereocenters. The number of hydrogen-bond donors (Lipinski definition) is 1. The highest BCUT2D eigenvalue weighted by Crippen LogP contribution is 1.96. The first-order valence-corrected chi connectivity index (χ1v) is 4.41. The molecule has 0 bridgehead atoms. The van der Waals surface area contributed by atoms with Crippen molar-refractivity contribution < 1.29 is 0 Å². The van der Waals surface area contributed by atoms with Crippen LogP contribution in [0.15, 0.2) is 24.8 Å². The van der Waals surface area contributed by atoms with E-state index in [-0.39, 0.29) is 0 Å². The van der Waals surface area contributed by atoms with Crippen molar-refractivity contribution in [3.8, 4) is 0 Å². The van der Waals surface area contributed by atoms with Crippen molar-refractivity contribution in [2.75, 3.05) is 13.1 Å². The molecule has 0 radical (unpaired) electrons. The summed E-state index contributed by atoms with van der Waals surface area (Å²) in [6, 6.07) is 0.